The van der Waals surface area contributed by atoms with Crippen molar-refractivity contribution in [3.63, 3.8) is 0 Å². The third-order valence-corrected chi connectivity index (χ3v) is 7.60. The van der Waals surface area contributed by atoms with Crippen molar-refractivity contribution < 1.29 is 4.42 Å². The van der Waals surface area contributed by atoms with E-state index in [4.69, 9.17) is 9.40 Å². The number of thiophene rings is 1. The highest BCUT2D eigenvalue weighted by Crippen LogP contribution is 2.43. The molecule has 0 aliphatic heterocycles. The van der Waals surface area contributed by atoms with Crippen LogP contribution in [0.2, 0.25) is 0 Å². The first kappa shape index (κ1) is 20.2. The number of para-hydroxylation sites is 1. The van der Waals surface area contributed by atoms with Gasteiger partial charge in [-0.2, -0.15) is 0 Å². The minimum Gasteiger partial charge on any atom is -0.455 e. The molecule has 0 saturated carbocycles. The fraction of sp³-hybridized carbons (Fsp3) is 0.167. The fourth-order valence-electron chi connectivity index (χ4n) is 4.76. The Morgan fingerprint density at radius 3 is 2.36 bits per heavy atom. The fourth-order valence-corrected chi connectivity index (χ4v) is 5.96. The molecule has 0 aliphatic carbocycles. The highest BCUT2D eigenvalue weighted by Gasteiger charge is 2.21. The molecule has 0 unspecified atom stereocenters. The number of pyridine rings is 1. The summed E-state index contributed by atoms with van der Waals surface area (Å²) >= 11 is 1.76. The first-order valence-corrected chi connectivity index (χ1v) is 12.1. The molecule has 33 heavy (non-hydrogen) atoms. The molecule has 0 bridgehead atoms. The van der Waals surface area contributed by atoms with E-state index >= 15 is 0 Å². The molecule has 0 amide bonds. The molecule has 0 spiro atoms. The zero-order valence-corrected chi connectivity index (χ0v) is 20.1. The molecule has 0 saturated heterocycles. The number of hydrogen-bond acceptors (Lipinski definition) is 3. The Balaban J connectivity index is 1.58. The van der Waals surface area contributed by atoms with Gasteiger partial charge in [0, 0.05) is 22.7 Å². The number of nitrogens with zero attached hydrogens (tertiary/aromatic N) is 1. The third-order valence-electron chi connectivity index (χ3n) is 6.44. The van der Waals surface area contributed by atoms with E-state index in [9.17, 15) is 0 Å². The Labute approximate surface area is 197 Å². The molecule has 0 N–H and O–H groups in total. The molecule has 2 nitrogen and oxygen atoms in total. The molecule has 6 rings (SSSR count). The number of hydrogen-bond donors (Lipinski definition) is 0. The van der Waals surface area contributed by atoms with E-state index in [1.54, 1.807) is 11.3 Å². The maximum Gasteiger partial charge on any atom is 0.148 e. The zero-order chi connectivity index (χ0) is 22.7. The molecule has 0 aliphatic rings. The Morgan fingerprint density at radius 1 is 0.818 bits per heavy atom. The van der Waals surface area contributed by atoms with Gasteiger partial charge in [-0.3, -0.25) is 4.98 Å². The minimum absolute atomic E-state index is 0.0372. The first-order chi connectivity index (χ1) is 15.9. The summed E-state index contributed by atoms with van der Waals surface area (Å²) in [5, 5.41) is 4.94. The van der Waals surface area contributed by atoms with Gasteiger partial charge in [0.05, 0.1) is 15.3 Å². The summed E-state index contributed by atoms with van der Waals surface area (Å²) in [4.78, 5) is 6.00. The normalized spacial score (nSPS) is 12.2. The molecule has 0 atom stereocenters. The maximum atomic E-state index is 6.27. The number of aromatic nitrogens is 1. The summed E-state index contributed by atoms with van der Waals surface area (Å²) in [5.74, 6) is 0.956. The van der Waals surface area contributed by atoms with Crippen LogP contribution in [0.15, 0.2) is 83.4 Å². The zero-order valence-electron chi connectivity index (χ0n) is 19.3. The monoisotopic (exact) mass is 447 g/mol. The molecule has 3 heteroatoms. The standard InChI is InChI=1S/C30H25NOS/c1-18-22-10-7-8-12-25(22)32-28(18)26-17-20-13-14-31-27(29(20)33-26)21-15-19-9-5-6-11-23(19)24(16-21)30(2,3)4/h5-17H,1-4H3. The number of benzene rings is 3. The lowest BCUT2D eigenvalue weighted by molar-refractivity contribution is 0.596. The summed E-state index contributed by atoms with van der Waals surface area (Å²) in [5.41, 5.74) is 5.71. The van der Waals surface area contributed by atoms with Crippen molar-refractivity contribution in [3.05, 3.63) is 90.1 Å². The van der Waals surface area contributed by atoms with Gasteiger partial charge in [0.15, 0.2) is 0 Å². The lowest BCUT2D eigenvalue weighted by atomic mass is 9.82. The number of aryl methyl sites for hydroxylation is 1. The van der Waals surface area contributed by atoms with Crippen molar-refractivity contribution in [2.24, 2.45) is 0 Å². The number of furan rings is 1. The van der Waals surface area contributed by atoms with Crippen molar-refractivity contribution in [2.75, 3.05) is 0 Å². The molecule has 3 aromatic carbocycles. The molecule has 162 valence electrons. The van der Waals surface area contributed by atoms with Crippen molar-refractivity contribution in [1.29, 1.82) is 0 Å². The van der Waals surface area contributed by atoms with Gasteiger partial charge in [0.2, 0.25) is 0 Å². The third kappa shape index (κ3) is 3.27. The second-order valence-corrected chi connectivity index (χ2v) is 10.8. The summed E-state index contributed by atoms with van der Waals surface area (Å²) in [6.45, 7) is 8.98. The first-order valence-electron chi connectivity index (χ1n) is 11.3. The summed E-state index contributed by atoms with van der Waals surface area (Å²) in [6.07, 6.45) is 1.92. The van der Waals surface area contributed by atoms with Crippen molar-refractivity contribution >= 4 is 43.2 Å². The molecule has 0 fully saturated rings. The molecular formula is C30H25NOS. The molecule has 3 heterocycles. The Bertz CT molecular complexity index is 1660. The van der Waals surface area contributed by atoms with Crippen LogP contribution in [0.3, 0.4) is 0 Å². The predicted octanol–water partition coefficient (Wildman–Crippen LogP) is 9.14. The second kappa shape index (κ2) is 7.29. The second-order valence-electron chi connectivity index (χ2n) is 9.74. The summed E-state index contributed by atoms with van der Waals surface area (Å²) in [6, 6.07) is 25.8. The predicted molar refractivity (Wildman–Crippen MR) is 141 cm³/mol. The van der Waals surface area contributed by atoms with E-state index < -0.39 is 0 Å². The Hall–Kier alpha value is -3.43. The van der Waals surface area contributed by atoms with E-state index in [1.807, 2.05) is 18.3 Å². The largest absolute Gasteiger partial charge is 0.455 e. The maximum absolute atomic E-state index is 6.27. The van der Waals surface area contributed by atoms with Crippen LogP contribution in [0.1, 0.15) is 31.9 Å². The molecular weight excluding hydrogens is 422 g/mol. The number of fused-ring (bicyclic) bond motifs is 3. The van der Waals surface area contributed by atoms with Gasteiger partial charge in [0.25, 0.3) is 0 Å². The SMILES string of the molecule is Cc1c(-c2cc3ccnc(-c4cc(C(C)(C)C)c5ccccc5c4)c3s2)oc2ccccc12. The van der Waals surface area contributed by atoms with E-state index in [-0.39, 0.29) is 5.41 Å². The Morgan fingerprint density at radius 2 is 1.58 bits per heavy atom. The van der Waals surface area contributed by atoms with Crippen LogP contribution in [-0.2, 0) is 5.41 Å². The highest BCUT2D eigenvalue weighted by atomic mass is 32.1. The van der Waals surface area contributed by atoms with E-state index in [1.165, 1.54) is 42.9 Å². The van der Waals surface area contributed by atoms with Gasteiger partial charge < -0.3 is 4.42 Å². The molecule has 6 aromatic rings. The van der Waals surface area contributed by atoms with Gasteiger partial charge in [-0.15, -0.1) is 11.3 Å². The van der Waals surface area contributed by atoms with Gasteiger partial charge in [0.1, 0.15) is 11.3 Å². The van der Waals surface area contributed by atoms with Crippen molar-refractivity contribution in [2.45, 2.75) is 33.1 Å². The number of rotatable bonds is 2. The van der Waals surface area contributed by atoms with Crippen LogP contribution in [0.5, 0.6) is 0 Å². The van der Waals surface area contributed by atoms with Crippen LogP contribution in [-0.4, -0.2) is 4.98 Å². The summed E-state index contributed by atoms with van der Waals surface area (Å²) < 4.78 is 7.47. The van der Waals surface area contributed by atoms with Gasteiger partial charge in [-0.05, 0) is 64.4 Å². The van der Waals surface area contributed by atoms with Crippen LogP contribution in [0, 0.1) is 6.92 Å². The average molecular weight is 448 g/mol. The van der Waals surface area contributed by atoms with Crippen molar-refractivity contribution in [1.82, 2.24) is 4.98 Å². The highest BCUT2D eigenvalue weighted by molar-refractivity contribution is 7.22. The summed E-state index contributed by atoms with van der Waals surface area (Å²) in [7, 11) is 0. The van der Waals surface area contributed by atoms with E-state index in [2.05, 4.69) is 88.4 Å². The van der Waals surface area contributed by atoms with Gasteiger partial charge in [-0.1, -0.05) is 63.2 Å². The van der Waals surface area contributed by atoms with E-state index in [0.717, 1.165) is 21.9 Å². The van der Waals surface area contributed by atoms with Crippen molar-refractivity contribution in [3.8, 4) is 21.9 Å². The topological polar surface area (TPSA) is 26.0 Å². The Kier molecular flexibility index (Phi) is 4.46. The van der Waals surface area contributed by atoms with Gasteiger partial charge >= 0.3 is 0 Å². The lowest BCUT2D eigenvalue weighted by Gasteiger charge is -2.22. The quantitative estimate of drug-likeness (QED) is 0.264. The van der Waals surface area contributed by atoms with E-state index in [0.29, 0.717) is 0 Å². The molecule has 0 radical (unpaired) electrons. The average Bonchev–Trinajstić information content (AvgIpc) is 3.39. The van der Waals surface area contributed by atoms with Crippen LogP contribution in [0.25, 0.3) is 53.7 Å². The molecule has 3 aromatic heterocycles. The minimum atomic E-state index is 0.0372. The lowest BCUT2D eigenvalue weighted by Crippen LogP contribution is -2.12. The van der Waals surface area contributed by atoms with Crippen LogP contribution in [0.4, 0.5) is 0 Å². The smallest absolute Gasteiger partial charge is 0.148 e. The van der Waals surface area contributed by atoms with Crippen LogP contribution >= 0.6 is 11.3 Å². The van der Waals surface area contributed by atoms with Crippen LogP contribution < -0.4 is 0 Å². The van der Waals surface area contributed by atoms with Gasteiger partial charge in [-0.25, -0.2) is 0 Å².